The van der Waals surface area contributed by atoms with E-state index in [4.69, 9.17) is 18.8 Å². The average Bonchev–Trinajstić information content (AvgIpc) is 3.27. The molecule has 2 fully saturated rings. The summed E-state index contributed by atoms with van der Waals surface area (Å²) in [6.45, 7) is 4.55. The van der Waals surface area contributed by atoms with Gasteiger partial charge in [-0.2, -0.15) is 0 Å². The molecule has 2 saturated carbocycles. The molecule has 1 unspecified atom stereocenters. The molecule has 3 aliphatic rings. The van der Waals surface area contributed by atoms with Crippen LogP contribution in [0.3, 0.4) is 0 Å². The molecule has 5 rings (SSSR count). The van der Waals surface area contributed by atoms with Gasteiger partial charge in [0.05, 0.1) is 6.10 Å². The molecule has 0 amide bonds. The number of aryl methyl sites for hydroxylation is 1. The molecule has 1 aromatic carbocycles. The van der Waals surface area contributed by atoms with Gasteiger partial charge in [0.1, 0.15) is 5.75 Å². The van der Waals surface area contributed by atoms with Crippen LogP contribution in [0.4, 0.5) is 0 Å². The van der Waals surface area contributed by atoms with Gasteiger partial charge < -0.3 is 15.5 Å². The summed E-state index contributed by atoms with van der Waals surface area (Å²) >= 11 is -0.472. The summed E-state index contributed by atoms with van der Waals surface area (Å²) in [6, 6.07) is 12.2. The van der Waals surface area contributed by atoms with Crippen LogP contribution in [-0.4, -0.2) is 34.4 Å². The molecule has 6 atom stereocenters. The zero-order chi connectivity index (χ0) is 30.5. The molecule has 0 radical (unpaired) electrons. The van der Waals surface area contributed by atoms with Crippen molar-refractivity contribution in [2.45, 2.75) is 122 Å². The zero-order valence-electron chi connectivity index (χ0n) is 26.1. The average molecular weight is 813 g/mol. The number of unbranched alkanes of at least 4 members (excludes halogenated alkanes) is 8. The number of aromatic hydroxyl groups is 1. The fourth-order valence-electron chi connectivity index (χ4n) is 8.78. The van der Waals surface area contributed by atoms with Gasteiger partial charge in [-0.05, 0) is 116 Å². The van der Waals surface area contributed by atoms with Crippen LogP contribution in [0.1, 0.15) is 120 Å². The maximum atomic E-state index is 11.5. The van der Waals surface area contributed by atoms with Crippen LogP contribution in [-0.2, 0) is 29.3 Å². The summed E-state index contributed by atoms with van der Waals surface area (Å²) in [4.78, 5) is 4.38. The van der Waals surface area contributed by atoms with Crippen molar-refractivity contribution in [2.24, 2.45) is 23.2 Å². The van der Waals surface area contributed by atoms with Crippen LogP contribution in [0.5, 0.6) is 5.75 Å². The number of hydrogen-bond donors (Lipinski definition) is 3. The monoisotopic (exact) mass is 811 g/mol. The number of pyridine rings is 1. The Hall–Kier alpha value is -0.642. The van der Waals surface area contributed by atoms with E-state index in [1.807, 2.05) is 24.4 Å². The molecule has 1 aromatic heterocycles. The van der Waals surface area contributed by atoms with Crippen molar-refractivity contribution in [3.63, 3.8) is 0 Å². The molecule has 0 spiro atoms. The number of hydrogen-bond acceptors (Lipinski definition) is 4. The predicted octanol–water partition coefficient (Wildman–Crippen LogP) is 9.34. The summed E-state index contributed by atoms with van der Waals surface area (Å²) in [7, 11) is 9.75. The number of benzene rings is 1. The second-order valence-corrected chi connectivity index (χ2v) is 16.9. The van der Waals surface area contributed by atoms with E-state index in [9.17, 15) is 10.2 Å². The van der Waals surface area contributed by atoms with E-state index in [1.54, 1.807) is 0 Å². The van der Waals surface area contributed by atoms with Crippen molar-refractivity contribution in [1.82, 2.24) is 10.3 Å². The third-order valence-corrected chi connectivity index (χ3v) is 11.0. The summed E-state index contributed by atoms with van der Waals surface area (Å²) in [6.07, 6.45) is 21.9. The van der Waals surface area contributed by atoms with Crippen LogP contribution in [0.2, 0.25) is 0 Å². The van der Waals surface area contributed by atoms with E-state index >= 15 is 0 Å². The number of halogens is 2. The fourth-order valence-corrected chi connectivity index (χ4v) is 8.78. The molecule has 0 saturated heterocycles. The van der Waals surface area contributed by atoms with Crippen molar-refractivity contribution < 1.29 is 26.7 Å². The summed E-state index contributed by atoms with van der Waals surface area (Å²) in [5, 5.41) is 25.0. The van der Waals surface area contributed by atoms with Crippen LogP contribution < -0.4 is 5.32 Å². The number of phenolic OH excluding ortho intramolecular Hbond substituents is 1. The van der Waals surface area contributed by atoms with E-state index in [0.29, 0.717) is 29.4 Å². The van der Waals surface area contributed by atoms with Gasteiger partial charge in [-0.3, -0.25) is 4.98 Å². The number of aliphatic hydroxyl groups is 1. The predicted molar refractivity (Wildman–Crippen MR) is 176 cm³/mol. The van der Waals surface area contributed by atoms with Crippen LogP contribution in [0.25, 0.3) is 0 Å². The Balaban J connectivity index is 0.00000135. The molecule has 43 heavy (non-hydrogen) atoms. The molecule has 7 heteroatoms. The second-order valence-electron chi connectivity index (χ2n) is 13.6. The number of fused-ring (bicyclic) bond motifs is 5. The molecular formula is C36H54Cl2N2O2Pt. The molecule has 1 heterocycles. The number of aromatic nitrogens is 1. The van der Waals surface area contributed by atoms with Crippen molar-refractivity contribution in [3.05, 3.63) is 59.4 Å². The van der Waals surface area contributed by atoms with Gasteiger partial charge in [0.15, 0.2) is 0 Å². The first-order chi connectivity index (χ1) is 21.0. The van der Waals surface area contributed by atoms with Gasteiger partial charge in [0, 0.05) is 24.9 Å². The Morgan fingerprint density at radius 2 is 1.67 bits per heavy atom. The Labute approximate surface area is 277 Å². The molecule has 3 N–H and O–H groups in total. The first kappa shape index (κ1) is 35.2. The Morgan fingerprint density at radius 3 is 2.40 bits per heavy atom. The third kappa shape index (κ3) is 9.92. The molecule has 2 aromatic rings. The molecule has 0 aliphatic heterocycles. The molecule has 3 aliphatic carbocycles. The van der Waals surface area contributed by atoms with Crippen LogP contribution in [0, 0.1) is 23.2 Å². The minimum absolute atomic E-state index is 0.106. The van der Waals surface area contributed by atoms with Crippen LogP contribution >= 0.6 is 18.8 Å². The Morgan fingerprint density at radius 1 is 0.953 bits per heavy atom. The van der Waals surface area contributed by atoms with E-state index < -0.39 is 16.5 Å². The van der Waals surface area contributed by atoms with Gasteiger partial charge in [-0.25, -0.2) is 0 Å². The molecular weight excluding hydrogens is 758 g/mol. The van der Waals surface area contributed by atoms with Gasteiger partial charge >= 0.3 is 35.3 Å². The summed E-state index contributed by atoms with van der Waals surface area (Å²) in [5.41, 5.74) is 4.13. The van der Waals surface area contributed by atoms with Crippen molar-refractivity contribution in [1.29, 1.82) is 0 Å². The van der Waals surface area contributed by atoms with Crippen molar-refractivity contribution >= 4 is 18.8 Å². The third-order valence-electron chi connectivity index (χ3n) is 11.0. The second kappa shape index (κ2) is 18.5. The van der Waals surface area contributed by atoms with E-state index in [0.717, 1.165) is 32.4 Å². The minimum atomic E-state index is -0.472. The Kier molecular flexibility index (Phi) is 15.1. The number of aliphatic hydroxyl groups excluding tert-OH is 1. The molecule has 0 bridgehead atoms. The number of nitrogens with zero attached hydrogens (tertiary/aromatic N) is 1. The number of phenols is 1. The zero-order valence-corrected chi connectivity index (χ0v) is 29.9. The van der Waals surface area contributed by atoms with Gasteiger partial charge in [-0.15, -0.1) is 0 Å². The summed E-state index contributed by atoms with van der Waals surface area (Å²) < 4.78 is 0. The topological polar surface area (TPSA) is 65.4 Å². The van der Waals surface area contributed by atoms with Crippen LogP contribution in [0.15, 0.2) is 42.6 Å². The quantitative estimate of drug-likeness (QED) is 0.157. The standard InChI is InChI=1S/C36H54N2O2.2ClH.Pt/c1-36-21-19-32-31-18-16-30(39)25-27(31)15-17-33(32)34(36)26-28(35(36)40)13-9-7-5-3-2-4-6-8-11-22-37-24-20-29-14-10-12-23-38-29;;;/h10,12,14,16,18,23,25,28,32-35,37,39-40H,2-9,11,13,15,17,19-22,24,26H2,1H3;2*1H;/q;;;+2/p-2/t28?,32-,33-,34+,35+,36+;;;/m1.../s1. The van der Waals surface area contributed by atoms with E-state index in [1.165, 1.54) is 100 Å². The van der Waals surface area contributed by atoms with Crippen molar-refractivity contribution in [2.75, 3.05) is 13.1 Å². The van der Waals surface area contributed by atoms with E-state index in [2.05, 4.69) is 35.4 Å². The SMILES string of the molecule is C[C@]12CC[C@@H]3c4ccc(O)cc4CC[C@H]3[C@@H]1CC(CCCCCCCCCCCNCCc1ccccn1)[C@@H]2O.[Cl][Pt][Cl]. The molecule has 244 valence electrons. The van der Waals surface area contributed by atoms with Gasteiger partial charge in [-0.1, -0.05) is 70.4 Å². The summed E-state index contributed by atoms with van der Waals surface area (Å²) in [5.74, 6) is 2.89. The van der Waals surface area contributed by atoms with Gasteiger partial charge in [0.2, 0.25) is 0 Å². The number of rotatable bonds is 15. The first-order valence-electron chi connectivity index (χ1n) is 16.9. The molecule has 4 nitrogen and oxygen atoms in total. The maximum absolute atomic E-state index is 11.5. The normalized spacial score (nSPS) is 27.6. The number of nitrogens with one attached hydrogen (secondary N) is 1. The van der Waals surface area contributed by atoms with Crippen molar-refractivity contribution in [3.8, 4) is 5.75 Å². The van der Waals surface area contributed by atoms with E-state index in [-0.39, 0.29) is 11.5 Å². The fraction of sp³-hybridized carbons (Fsp3) is 0.694. The Bertz CT molecular complexity index is 1080. The first-order valence-corrected chi connectivity index (χ1v) is 22.5. The van der Waals surface area contributed by atoms with Gasteiger partial charge in [0.25, 0.3) is 0 Å².